The van der Waals surface area contributed by atoms with Crippen molar-refractivity contribution in [3.63, 3.8) is 0 Å². The van der Waals surface area contributed by atoms with Gasteiger partial charge in [-0.25, -0.2) is 4.98 Å². The highest BCUT2D eigenvalue weighted by Gasteiger charge is 2.26. The minimum atomic E-state index is -0.163. The molecule has 1 aliphatic heterocycles. The van der Waals surface area contributed by atoms with Gasteiger partial charge in [0.15, 0.2) is 0 Å². The van der Waals surface area contributed by atoms with E-state index in [1.807, 2.05) is 13.8 Å². The van der Waals surface area contributed by atoms with Crippen LogP contribution in [-0.2, 0) is 4.74 Å². The number of ether oxygens (including phenoxy) is 1. The number of aromatic amines is 1. The van der Waals surface area contributed by atoms with E-state index in [1.54, 1.807) is 0 Å². The molecule has 1 aliphatic rings. The van der Waals surface area contributed by atoms with Gasteiger partial charge in [-0.15, -0.1) is 0 Å². The summed E-state index contributed by atoms with van der Waals surface area (Å²) in [5.74, 6) is 0.822. The molecule has 0 amide bonds. The van der Waals surface area contributed by atoms with Crippen LogP contribution < -0.4 is 5.56 Å². The summed E-state index contributed by atoms with van der Waals surface area (Å²) >= 11 is 3.32. The number of H-pyrrole nitrogens is 1. The molecule has 0 aromatic carbocycles. The summed E-state index contributed by atoms with van der Waals surface area (Å²) in [7, 11) is 0. The Morgan fingerprint density at radius 1 is 1.40 bits per heavy atom. The molecule has 0 radical (unpaired) electrons. The molecule has 1 unspecified atom stereocenters. The Labute approximate surface area is 127 Å². The number of morpholine rings is 1. The number of nitrogens with one attached hydrogen (secondary N) is 1. The van der Waals surface area contributed by atoms with Gasteiger partial charge in [-0.2, -0.15) is 0 Å². The van der Waals surface area contributed by atoms with E-state index in [1.165, 1.54) is 0 Å². The fraction of sp³-hybridized carbons (Fsp3) is 0.714. The van der Waals surface area contributed by atoms with E-state index in [4.69, 9.17) is 4.74 Å². The van der Waals surface area contributed by atoms with Crippen molar-refractivity contribution in [1.29, 1.82) is 0 Å². The Morgan fingerprint density at radius 2 is 2.10 bits per heavy atom. The zero-order valence-corrected chi connectivity index (χ0v) is 14.0. The average molecular weight is 344 g/mol. The maximum absolute atomic E-state index is 12.0. The van der Waals surface area contributed by atoms with Gasteiger partial charge in [0.2, 0.25) is 0 Å². The first-order valence-electron chi connectivity index (χ1n) is 7.05. The van der Waals surface area contributed by atoms with Crippen molar-refractivity contribution in [2.75, 3.05) is 19.7 Å². The molecule has 1 aromatic heterocycles. The molecule has 1 N–H and O–H groups in total. The number of nitrogens with zero attached hydrogens (tertiary/aromatic N) is 2. The number of aromatic nitrogens is 2. The first-order chi connectivity index (χ1) is 9.40. The number of rotatable bonds is 3. The smallest absolute Gasteiger partial charge is 0.265 e. The lowest BCUT2D eigenvalue weighted by molar-refractivity contribution is -0.0445. The van der Waals surface area contributed by atoms with Crippen molar-refractivity contribution < 1.29 is 4.74 Å². The van der Waals surface area contributed by atoms with E-state index >= 15 is 0 Å². The van der Waals surface area contributed by atoms with E-state index in [0.29, 0.717) is 22.9 Å². The fourth-order valence-electron chi connectivity index (χ4n) is 2.33. The molecule has 112 valence electrons. The summed E-state index contributed by atoms with van der Waals surface area (Å²) in [6.45, 7) is 10.7. The highest BCUT2D eigenvalue weighted by atomic mass is 79.9. The molecule has 1 atom stereocenters. The molecule has 0 saturated carbocycles. The van der Waals surface area contributed by atoms with Crippen molar-refractivity contribution in [2.45, 2.75) is 45.8 Å². The highest BCUT2D eigenvalue weighted by molar-refractivity contribution is 9.10. The van der Waals surface area contributed by atoms with Gasteiger partial charge < -0.3 is 9.72 Å². The van der Waals surface area contributed by atoms with Crippen LogP contribution >= 0.6 is 15.9 Å². The molecule has 20 heavy (non-hydrogen) atoms. The number of hydrogen-bond donors (Lipinski definition) is 1. The second-order valence-electron chi connectivity index (χ2n) is 5.75. The van der Waals surface area contributed by atoms with Crippen molar-refractivity contribution in [1.82, 2.24) is 14.9 Å². The van der Waals surface area contributed by atoms with Crippen LogP contribution in [-0.4, -0.2) is 40.6 Å². The third kappa shape index (κ3) is 3.30. The first-order valence-corrected chi connectivity index (χ1v) is 7.84. The van der Waals surface area contributed by atoms with Gasteiger partial charge in [-0.3, -0.25) is 9.69 Å². The van der Waals surface area contributed by atoms with Gasteiger partial charge in [0, 0.05) is 19.1 Å². The summed E-state index contributed by atoms with van der Waals surface area (Å²) < 4.78 is 6.31. The average Bonchev–Trinajstić information content (AvgIpc) is 2.41. The monoisotopic (exact) mass is 343 g/mol. The largest absolute Gasteiger partial charge is 0.368 e. The Kier molecular flexibility index (Phi) is 4.99. The van der Waals surface area contributed by atoms with Crippen LogP contribution in [0.25, 0.3) is 0 Å². The quantitative estimate of drug-likeness (QED) is 0.915. The number of hydrogen-bond acceptors (Lipinski definition) is 4. The van der Waals surface area contributed by atoms with Gasteiger partial charge >= 0.3 is 0 Å². The predicted molar refractivity (Wildman–Crippen MR) is 82.0 cm³/mol. The number of halogens is 1. The minimum Gasteiger partial charge on any atom is -0.368 e. The Bertz CT molecular complexity index is 528. The maximum atomic E-state index is 12.0. The molecule has 0 aliphatic carbocycles. The van der Waals surface area contributed by atoms with Crippen molar-refractivity contribution in [2.24, 2.45) is 0 Å². The van der Waals surface area contributed by atoms with Gasteiger partial charge in [0.1, 0.15) is 16.4 Å². The maximum Gasteiger partial charge on any atom is 0.265 e. The molecule has 1 aromatic rings. The van der Waals surface area contributed by atoms with Crippen LogP contribution in [0, 0.1) is 0 Å². The van der Waals surface area contributed by atoms with Crippen LogP contribution in [0.5, 0.6) is 0 Å². The van der Waals surface area contributed by atoms with Crippen LogP contribution in [0.4, 0.5) is 0 Å². The topological polar surface area (TPSA) is 58.2 Å². The zero-order valence-electron chi connectivity index (χ0n) is 12.4. The lowest BCUT2D eigenvalue weighted by Crippen LogP contribution is -2.43. The molecule has 0 spiro atoms. The van der Waals surface area contributed by atoms with Gasteiger partial charge in [-0.05, 0) is 35.7 Å². The van der Waals surface area contributed by atoms with E-state index in [-0.39, 0.29) is 17.6 Å². The summed E-state index contributed by atoms with van der Waals surface area (Å²) in [4.78, 5) is 21.8. The van der Waals surface area contributed by atoms with E-state index in [9.17, 15) is 4.79 Å². The fourth-order valence-corrected chi connectivity index (χ4v) is 2.98. The minimum absolute atomic E-state index is 0.135. The lowest BCUT2D eigenvalue weighted by atomic mass is 10.1. The summed E-state index contributed by atoms with van der Waals surface area (Å²) in [6, 6.07) is 0.466. The first kappa shape index (κ1) is 15.7. The van der Waals surface area contributed by atoms with E-state index in [2.05, 4.69) is 44.6 Å². The molecular formula is C14H22BrN3O2. The SMILES string of the molecule is CC(C)c1nc(C2CN(C(C)C)CCO2)[nH]c(=O)c1Br. The molecule has 6 heteroatoms. The van der Waals surface area contributed by atoms with Crippen LogP contribution in [0.15, 0.2) is 9.27 Å². The standard InChI is InChI=1S/C14H22BrN3O2/c1-8(2)12-11(15)14(19)17-13(16-12)10-7-18(9(3)4)5-6-20-10/h8-10H,5-7H2,1-4H3,(H,16,17,19). The van der Waals surface area contributed by atoms with Crippen molar-refractivity contribution in [3.05, 3.63) is 26.3 Å². The van der Waals surface area contributed by atoms with E-state index < -0.39 is 0 Å². The summed E-state index contributed by atoms with van der Waals surface area (Å²) in [5, 5.41) is 0. The van der Waals surface area contributed by atoms with Crippen molar-refractivity contribution >= 4 is 15.9 Å². The molecule has 1 fully saturated rings. The molecule has 5 nitrogen and oxygen atoms in total. The Hall–Kier alpha value is -0.720. The van der Waals surface area contributed by atoms with Crippen LogP contribution in [0.1, 0.15) is 51.2 Å². The molecule has 2 heterocycles. The third-order valence-corrected chi connectivity index (χ3v) is 4.35. The molecular weight excluding hydrogens is 322 g/mol. The second-order valence-corrected chi connectivity index (χ2v) is 6.55. The third-order valence-electron chi connectivity index (χ3n) is 3.59. The molecule has 0 bridgehead atoms. The Balaban J connectivity index is 2.31. The highest BCUT2D eigenvalue weighted by Crippen LogP contribution is 2.24. The van der Waals surface area contributed by atoms with Crippen LogP contribution in [0.2, 0.25) is 0 Å². The van der Waals surface area contributed by atoms with E-state index in [0.717, 1.165) is 18.8 Å². The summed E-state index contributed by atoms with van der Waals surface area (Å²) in [5.41, 5.74) is 0.651. The van der Waals surface area contributed by atoms with Gasteiger partial charge in [0.05, 0.1) is 12.3 Å². The molecule has 1 saturated heterocycles. The second kappa shape index (κ2) is 6.37. The normalized spacial score (nSPS) is 20.9. The predicted octanol–water partition coefficient (Wildman–Crippen LogP) is 2.44. The summed E-state index contributed by atoms with van der Waals surface area (Å²) in [6.07, 6.45) is -0.163. The van der Waals surface area contributed by atoms with Crippen LogP contribution in [0.3, 0.4) is 0 Å². The van der Waals surface area contributed by atoms with Gasteiger partial charge in [0.25, 0.3) is 5.56 Å². The van der Waals surface area contributed by atoms with Crippen molar-refractivity contribution in [3.8, 4) is 0 Å². The van der Waals surface area contributed by atoms with Gasteiger partial charge in [-0.1, -0.05) is 13.8 Å². The Morgan fingerprint density at radius 3 is 2.70 bits per heavy atom. The zero-order chi connectivity index (χ0) is 14.9. The lowest BCUT2D eigenvalue weighted by Gasteiger charge is -2.35. The molecule has 2 rings (SSSR count).